The van der Waals surface area contributed by atoms with Crippen LogP contribution in [0.5, 0.6) is 5.75 Å². The quantitative estimate of drug-likeness (QED) is 0.756. The number of rotatable bonds is 5. The summed E-state index contributed by atoms with van der Waals surface area (Å²) in [6.45, 7) is 6.43. The van der Waals surface area contributed by atoms with Crippen molar-refractivity contribution >= 4 is 28.8 Å². The summed E-state index contributed by atoms with van der Waals surface area (Å²) in [5.74, 6) is 1.46. The van der Waals surface area contributed by atoms with E-state index in [1.807, 2.05) is 86.3 Å². The number of allylic oxidation sites excluding steroid dienone is 1. The Hall–Kier alpha value is -2.24. The van der Waals surface area contributed by atoms with E-state index in [9.17, 15) is 5.11 Å². The Balaban J connectivity index is 1.85. The molecule has 0 spiro atoms. The smallest absolute Gasteiger partial charge is 0.149 e. The van der Waals surface area contributed by atoms with Crippen molar-refractivity contribution in [1.29, 1.82) is 0 Å². The van der Waals surface area contributed by atoms with Gasteiger partial charge in [0.1, 0.15) is 11.5 Å². The maximum atomic E-state index is 10.8. The molecule has 0 unspecified atom stereocenters. The highest BCUT2D eigenvalue weighted by atomic mass is 32.2. The molecule has 3 rings (SSSR count). The van der Waals surface area contributed by atoms with Gasteiger partial charge in [-0.15, -0.1) is 11.8 Å². The molecule has 0 aromatic heterocycles. The van der Waals surface area contributed by atoms with Crippen LogP contribution in [-0.2, 0) is 0 Å². The van der Waals surface area contributed by atoms with Crippen molar-refractivity contribution in [1.82, 2.24) is 0 Å². The summed E-state index contributed by atoms with van der Waals surface area (Å²) in [4.78, 5) is 6.63. The monoisotopic (exact) mass is 368 g/mol. The van der Waals surface area contributed by atoms with Gasteiger partial charge in [-0.25, -0.2) is 0 Å². The van der Waals surface area contributed by atoms with Crippen LogP contribution in [0.15, 0.2) is 70.7 Å². The van der Waals surface area contributed by atoms with Gasteiger partial charge in [0, 0.05) is 17.2 Å². The lowest BCUT2D eigenvalue weighted by Crippen LogP contribution is -2.42. The molecular weight excluding hydrogens is 344 g/mol. The topological polar surface area (TPSA) is 45.1 Å². The highest BCUT2D eigenvalue weighted by molar-refractivity contribution is 8.03. The Morgan fingerprint density at radius 2 is 1.92 bits per heavy atom. The lowest BCUT2D eigenvalue weighted by molar-refractivity contribution is 0.0950. The fourth-order valence-electron chi connectivity index (χ4n) is 2.86. The van der Waals surface area contributed by atoms with Crippen molar-refractivity contribution in [2.45, 2.75) is 26.5 Å². The molecule has 0 amide bonds. The molecule has 1 heterocycles. The first kappa shape index (κ1) is 18.5. The van der Waals surface area contributed by atoms with Crippen molar-refractivity contribution in [3.63, 3.8) is 0 Å². The molecule has 26 heavy (non-hydrogen) atoms. The van der Waals surface area contributed by atoms with Crippen LogP contribution >= 0.6 is 11.8 Å². The van der Waals surface area contributed by atoms with Crippen molar-refractivity contribution in [2.75, 3.05) is 17.3 Å². The summed E-state index contributed by atoms with van der Waals surface area (Å²) in [6.07, 6.45) is 2.02. The Kier molecular flexibility index (Phi) is 5.69. The number of benzene rings is 2. The maximum Gasteiger partial charge on any atom is 0.149 e. The predicted molar refractivity (Wildman–Crippen MR) is 110 cm³/mol. The van der Waals surface area contributed by atoms with Gasteiger partial charge < -0.3 is 14.7 Å². The number of nitrogens with zero attached hydrogens (tertiary/aromatic N) is 2. The zero-order valence-electron chi connectivity index (χ0n) is 15.3. The summed E-state index contributed by atoms with van der Waals surface area (Å²) in [5, 5.41) is 11.8. The third-order valence-electron chi connectivity index (χ3n) is 4.00. The van der Waals surface area contributed by atoms with Crippen molar-refractivity contribution in [3.05, 3.63) is 65.7 Å². The molecule has 4 nitrogen and oxygen atoms in total. The SMILES string of the molecule is CCOc1ccc(N=C(C)/C=C2/SC[C@](C)(O)N2c2ccccc2)cc1. The summed E-state index contributed by atoms with van der Waals surface area (Å²) >= 11 is 1.64. The van der Waals surface area contributed by atoms with Gasteiger partial charge in [0.15, 0.2) is 0 Å². The molecule has 1 aliphatic rings. The molecular formula is C21H24N2O2S. The van der Waals surface area contributed by atoms with Gasteiger partial charge in [0.25, 0.3) is 0 Å². The fourth-order valence-corrected chi connectivity index (χ4v) is 4.10. The van der Waals surface area contributed by atoms with E-state index in [4.69, 9.17) is 4.74 Å². The van der Waals surface area contributed by atoms with Crippen LogP contribution < -0.4 is 9.64 Å². The van der Waals surface area contributed by atoms with E-state index < -0.39 is 5.72 Å². The minimum absolute atomic E-state index is 0.615. The van der Waals surface area contributed by atoms with E-state index in [-0.39, 0.29) is 0 Å². The third-order valence-corrected chi connectivity index (χ3v) is 5.28. The van der Waals surface area contributed by atoms with Crippen molar-refractivity contribution in [2.24, 2.45) is 4.99 Å². The number of thioether (sulfide) groups is 1. The predicted octanol–water partition coefficient (Wildman–Crippen LogP) is 4.98. The van der Waals surface area contributed by atoms with Crippen LogP contribution in [0.25, 0.3) is 0 Å². The van der Waals surface area contributed by atoms with Gasteiger partial charge in [-0.2, -0.15) is 0 Å². The van der Waals surface area contributed by atoms with E-state index in [1.165, 1.54) is 0 Å². The molecule has 1 aliphatic heterocycles. The minimum atomic E-state index is -0.919. The van der Waals surface area contributed by atoms with Gasteiger partial charge in [-0.05, 0) is 63.2 Å². The molecule has 0 radical (unpaired) electrons. The highest BCUT2D eigenvalue weighted by Crippen LogP contribution is 2.41. The normalized spacial score (nSPS) is 22.1. The molecule has 2 aromatic rings. The molecule has 0 bridgehead atoms. The molecule has 1 N–H and O–H groups in total. The summed E-state index contributed by atoms with van der Waals surface area (Å²) in [6, 6.07) is 17.7. The van der Waals surface area contributed by atoms with E-state index >= 15 is 0 Å². The second-order valence-corrected chi connectivity index (χ2v) is 7.33. The molecule has 0 aliphatic carbocycles. The summed E-state index contributed by atoms with van der Waals surface area (Å²) < 4.78 is 5.46. The van der Waals surface area contributed by atoms with Crippen LogP contribution in [0.3, 0.4) is 0 Å². The first-order valence-corrected chi connectivity index (χ1v) is 9.68. The zero-order valence-corrected chi connectivity index (χ0v) is 16.2. The summed E-state index contributed by atoms with van der Waals surface area (Å²) in [7, 11) is 0. The number of hydrogen-bond donors (Lipinski definition) is 1. The number of anilines is 1. The molecule has 1 fully saturated rings. The van der Waals surface area contributed by atoms with Crippen LogP contribution in [0.4, 0.5) is 11.4 Å². The van der Waals surface area contributed by atoms with Crippen LogP contribution in [-0.4, -0.2) is 28.9 Å². The van der Waals surface area contributed by atoms with E-state index in [0.29, 0.717) is 12.4 Å². The molecule has 1 saturated heterocycles. The number of ether oxygens (including phenoxy) is 1. The van der Waals surface area contributed by atoms with Crippen molar-refractivity contribution in [3.8, 4) is 5.75 Å². The lowest BCUT2D eigenvalue weighted by Gasteiger charge is -2.31. The van der Waals surface area contributed by atoms with Crippen molar-refractivity contribution < 1.29 is 9.84 Å². The molecule has 5 heteroatoms. The number of aliphatic imine (C=N–C) groups is 1. The van der Waals surface area contributed by atoms with E-state index in [1.54, 1.807) is 11.8 Å². The van der Waals surface area contributed by atoms with Gasteiger partial charge in [-0.1, -0.05) is 18.2 Å². The van der Waals surface area contributed by atoms with Gasteiger partial charge in [0.2, 0.25) is 0 Å². The van der Waals surface area contributed by atoms with Gasteiger partial charge >= 0.3 is 0 Å². The standard InChI is InChI=1S/C21H24N2O2S/c1-4-25-19-12-10-17(11-13-19)22-16(2)14-20-23(21(3,24)15-26-20)18-8-6-5-7-9-18/h5-14,24H,4,15H2,1-3H3/b20-14+,22-16?/t21-/m0/s1. The Labute approximate surface area is 159 Å². The molecule has 136 valence electrons. The number of hydrogen-bond acceptors (Lipinski definition) is 5. The summed E-state index contributed by atoms with van der Waals surface area (Å²) in [5.41, 5.74) is 1.82. The van der Waals surface area contributed by atoms with E-state index in [2.05, 4.69) is 4.99 Å². The minimum Gasteiger partial charge on any atom is -0.494 e. The molecule has 0 saturated carbocycles. The Morgan fingerprint density at radius 3 is 2.58 bits per heavy atom. The van der Waals surface area contributed by atoms with Gasteiger partial charge in [-0.3, -0.25) is 4.99 Å². The first-order chi connectivity index (χ1) is 12.5. The lowest BCUT2D eigenvalue weighted by atomic mass is 10.2. The average Bonchev–Trinajstić information content (AvgIpc) is 2.92. The largest absolute Gasteiger partial charge is 0.494 e. The number of para-hydroxylation sites is 1. The fraction of sp³-hybridized carbons (Fsp3) is 0.286. The van der Waals surface area contributed by atoms with Crippen LogP contribution in [0.2, 0.25) is 0 Å². The van der Waals surface area contributed by atoms with Crippen LogP contribution in [0.1, 0.15) is 20.8 Å². The highest BCUT2D eigenvalue weighted by Gasteiger charge is 2.38. The zero-order chi connectivity index (χ0) is 18.6. The van der Waals surface area contributed by atoms with Gasteiger partial charge in [0.05, 0.1) is 17.3 Å². The second kappa shape index (κ2) is 7.98. The molecule has 2 aromatic carbocycles. The molecule has 1 atom stereocenters. The second-order valence-electron chi connectivity index (χ2n) is 6.34. The first-order valence-electron chi connectivity index (χ1n) is 8.70. The third kappa shape index (κ3) is 4.29. The van der Waals surface area contributed by atoms with Crippen LogP contribution in [0, 0.1) is 0 Å². The van der Waals surface area contributed by atoms with E-state index in [0.717, 1.165) is 27.9 Å². The maximum absolute atomic E-state index is 10.8. The Bertz CT molecular complexity index is 799. The number of aliphatic hydroxyl groups is 1. The Morgan fingerprint density at radius 1 is 1.23 bits per heavy atom. The average molecular weight is 369 g/mol.